The quantitative estimate of drug-likeness (QED) is 0.588. The zero-order valence-corrected chi connectivity index (χ0v) is 15.5. The van der Waals surface area contributed by atoms with Crippen LogP contribution >= 0.6 is 0 Å². The number of aryl methyl sites for hydroxylation is 1. The maximum Gasteiger partial charge on any atom is 0.433 e. The van der Waals surface area contributed by atoms with Crippen molar-refractivity contribution < 1.29 is 23.1 Å². The lowest BCUT2D eigenvalue weighted by Crippen LogP contribution is -2.29. The van der Waals surface area contributed by atoms with Crippen molar-refractivity contribution in [2.75, 3.05) is 5.32 Å². The van der Waals surface area contributed by atoms with Crippen molar-refractivity contribution in [2.24, 2.45) is 0 Å². The van der Waals surface area contributed by atoms with E-state index in [1.54, 1.807) is 12.1 Å². The third kappa shape index (κ3) is 6.49. The summed E-state index contributed by atoms with van der Waals surface area (Å²) in [6.07, 6.45) is -0.118. The summed E-state index contributed by atoms with van der Waals surface area (Å²) < 4.78 is 38.8. The van der Waals surface area contributed by atoms with Gasteiger partial charge in [0.1, 0.15) is 5.69 Å². The molecule has 0 aliphatic heterocycles. The molecule has 0 spiro atoms. The van der Waals surface area contributed by atoms with Gasteiger partial charge in [-0.1, -0.05) is 25.8 Å². The minimum atomic E-state index is -4.50. The molecule has 2 amide bonds. The van der Waals surface area contributed by atoms with Gasteiger partial charge in [-0.3, -0.25) is 4.98 Å². The highest BCUT2D eigenvalue weighted by Gasteiger charge is 2.32. The van der Waals surface area contributed by atoms with Gasteiger partial charge in [0.25, 0.3) is 0 Å². The van der Waals surface area contributed by atoms with Gasteiger partial charge < -0.3 is 15.7 Å². The summed E-state index contributed by atoms with van der Waals surface area (Å²) in [6, 6.07) is 4.93. The first-order valence-corrected chi connectivity index (χ1v) is 9.00. The van der Waals surface area contributed by atoms with Gasteiger partial charge in [0.2, 0.25) is 0 Å². The molecule has 0 atom stereocenters. The minimum Gasteiger partial charge on any atom is -0.390 e. The standard InChI is InChI=1S/C19H23F3N4O2/c1-2-3-4-5-16-13(6-9-17(26-16)19(20,21)22)10-24-18(28)25-14-7-8-15(12-27)23-11-14/h6-9,11,27H,2-5,10,12H2,1H3,(H2,24,25,28). The number of carbonyl (C=O) groups excluding carboxylic acids is 1. The molecule has 0 saturated carbocycles. The molecule has 0 fully saturated rings. The number of rotatable bonds is 8. The first-order valence-electron chi connectivity index (χ1n) is 9.00. The molecule has 2 aromatic heterocycles. The number of aromatic nitrogens is 2. The van der Waals surface area contributed by atoms with Crippen molar-refractivity contribution in [3.05, 3.63) is 53.1 Å². The van der Waals surface area contributed by atoms with Gasteiger partial charge in [-0.15, -0.1) is 0 Å². The Labute approximate surface area is 161 Å². The number of carbonyl (C=O) groups is 1. The van der Waals surface area contributed by atoms with E-state index in [9.17, 15) is 18.0 Å². The summed E-state index contributed by atoms with van der Waals surface area (Å²) >= 11 is 0. The molecule has 3 N–H and O–H groups in total. The first-order chi connectivity index (χ1) is 13.3. The fourth-order valence-corrected chi connectivity index (χ4v) is 2.55. The maximum absolute atomic E-state index is 12.9. The molecule has 9 heteroatoms. The molecule has 2 aromatic rings. The zero-order valence-electron chi connectivity index (χ0n) is 15.5. The summed E-state index contributed by atoms with van der Waals surface area (Å²) in [7, 11) is 0. The summed E-state index contributed by atoms with van der Waals surface area (Å²) in [5.74, 6) is 0. The van der Waals surface area contributed by atoms with Crippen LogP contribution in [-0.4, -0.2) is 21.1 Å². The van der Waals surface area contributed by atoms with Crippen LogP contribution in [0, 0.1) is 0 Å². The van der Waals surface area contributed by atoms with Crippen molar-refractivity contribution in [2.45, 2.75) is 51.9 Å². The van der Waals surface area contributed by atoms with E-state index in [4.69, 9.17) is 5.11 Å². The Morgan fingerprint density at radius 1 is 1.18 bits per heavy atom. The molecule has 152 valence electrons. The lowest BCUT2D eigenvalue weighted by molar-refractivity contribution is -0.141. The minimum absolute atomic E-state index is 0.0561. The molecule has 2 heterocycles. The van der Waals surface area contributed by atoms with Crippen molar-refractivity contribution in [3.63, 3.8) is 0 Å². The third-order valence-electron chi connectivity index (χ3n) is 4.06. The zero-order chi connectivity index (χ0) is 20.6. The van der Waals surface area contributed by atoms with Crippen molar-refractivity contribution >= 4 is 11.7 Å². The van der Waals surface area contributed by atoms with Crippen LogP contribution in [0.2, 0.25) is 0 Å². The number of amides is 2. The van der Waals surface area contributed by atoms with Gasteiger partial charge in [0.05, 0.1) is 24.2 Å². The second kappa shape index (κ2) is 10.0. The normalized spacial score (nSPS) is 11.3. The lowest BCUT2D eigenvalue weighted by Gasteiger charge is -2.14. The Bertz CT molecular complexity index is 780. The van der Waals surface area contributed by atoms with Crippen molar-refractivity contribution in [1.29, 1.82) is 0 Å². The van der Waals surface area contributed by atoms with Crippen LogP contribution in [0.25, 0.3) is 0 Å². The van der Waals surface area contributed by atoms with Gasteiger partial charge in [0, 0.05) is 12.2 Å². The van der Waals surface area contributed by atoms with Gasteiger partial charge >= 0.3 is 12.2 Å². The molecule has 0 aliphatic rings. The van der Waals surface area contributed by atoms with Crippen LogP contribution in [0.1, 0.15) is 48.8 Å². The van der Waals surface area contributed by atoms with E-state index >= 15 is 0 Å². The number of aliphatic hydroxyl groups excluding tert-OH is 1. The predicted octanol–water partition coefficient (Wildman–Crippen LogP) is 4.04. The highest BCUT2D eigenvalue weighted by atomic mass is 19.4. The van der Waals surface area contributed by atoms with E-state index in [1.807, 2.05) is 6.92 Å². The van der Waals surface area contributed by atoms with Gasteiger partial charge in [-0.05, 0) is 36.6 Å². The molecule has 0 aliphatic carbocycles. The Morgan fingerprint density at radius 2 is 1.96 bits per heavy atom. The molecular formula is C19H23F3N4O2. The second-order valence-corrected chi connectivity index (χ2v) is 6.26. The van der Waals surface area contributed by atoms with Crippen LogP contribution in [0.5, 0.6) is 0 Å². The third-order valence-corrected chi connectivity index (χ3v) is 4.06. The number of hydrogen-bond acceptors (Lipinski definition) is 4. The number of unbranched alkanes of at least 4 members (excludes halogenated alkanes) is 2. The van der Waals surface area contributed by atoms with Gasteiger partial charge in [0.15, 0.2) is 0 Å². The number of alkyl halides is 3. The monoisotopic (exact) mass is 396 g/mol. The summed E-state index contributed by atoms with van der Waals surface area (Å²) in [5, 5.41) is 14.1. The van der Waals surface area contributed by atoms with E-state index in [0.717, 1.165) is 25.3 Å². The maximum atomic E-state index is 12.9. The number of aliphatic hydroxyl groups is 1. The lowest BCUT2D eigenvalue weighted by atomic mass is 10.1. The number of nitrogens with one attached hydrogen (secondary N) is 2. The molecule has 2 rings (SSSR count). The van der Waals surface area contributed by atoms with Crippen LogP contribution in [-0.2, 0) is 25.7 Å². The molecule has 0 radical (unpaired) electrons. The van der Waals surface area contributed by atoms with E-state index < -0.39 is 17.9 Å². The highest BCUT2D eigenvalue weighted by Crippen LogP contribution is 2.28. The molecule has 0 saturated heterocycles. The fraction of sp³-hybridized carbons (Fsp3) is 0.421. The number of halogens is 3. The molecular weight excluding hydrogens is 373 g/mol. The number of hydrogen-bond donors (Lipinski definition) is 3. The fourth-order valence-electron chi connectivity index (χ4n) is 2.55. The average molecular weight is 396 g/mol. The van der Waals surface area contributed by atoms with Crippen molar-refractivity contribution in [1.82, 2.24) is 15.3 Å². The molecule has 28 heavy (non-hydrogen) atoms. The van der Waals surface area contributed by atoms with Crippen LogP contribution in [0.4, 0.5) is 23.7 Å². The Kier molecular flexibility index (Phi) is 7.74. The molecule has 0 unspecified atom stereocenters. The van der Waals surface area contributed by atoms with Crippen LogP contribution < -0.4 is 10.6 Å². The smallest absolute Gasteiger partial charge is 0.390 e. The summed E-state index contributed by atoms with van der Waals surface area (Å²) in [4.78, 5) is 19.8. The largest absolute Gasteiger partial charge is 0.433 e. The number of urea groups is 1. The predicted molar refractivity (Wildman–Crippen MR) is 98.5 cm³/mol. The Balaban J connectivity index is 2.03. The van der Waals surface area contributed by atoms with Crippen LogP contribution in [0.3, 0.4) is 0 Å². The number of nitrogens with zero attached hydrogens (tertiary/aromatic N) is 2. The van der Waals surface area contributed by atoms with Crippen LogP contribution in [0.15, 0.2) is 30.5 Å². The highest BCUT2D eigenvalue weighted by molar-refractivity contribution is 5.88. The van der Waals surface area contributed by atoms with E-state index in [1.165, 1.54) is 12.3 Å². The number of pyridine rings is 2. The van der Waals surface area contributed by atoms with Gasteiger partial charge in [-0.25, -0.2) is 9.78 Å². The average Bonchev–Trinajstić information content (AvgIpc) is 2.67. The molecule has 0 bridgehead atoms. The molecule has 0 aromatic carbocycles. The summed E-state index contributed by atoms with van der Waals surface area (Å²) in [5.41, 5.74) is 0.870. The first kappa shape index (κ1) is 21.6. The van der Waals surface area contributed by atoms with E-state index in [-0.39, 0.29) is 13.2 Å². The van der Waals surface area contributed by atoms with E-state index in [2.05, 4.69) is 20.6 Å². The molecule has 6 nitrogen and oxygen atoms in total. The SMILES string of the molecule is CCCCCc1nc(C(F)(F)F)ccc1CNC(=O)Nc1ccc(CO)nc1. The Morgan fingerprint density at radius 3 is 2.57 bits per heavy atom. The number of anilines is 1. The topological polar surface area (TPSA) is 87.1 Å². The second-order valence-electron chi connectivity index (χ2n) is 6.26. The van der Waals surface area contributed by atoms with E-state index in [0.29, 0.717) is 29.1 Å². The van der Waals surface area contributed by atoms with Crippen molar-refractivity contribution in [3.8, 4) is 0 Å². The summed E-state index contributed by atoms with van der Waals surface area (Å²) in [6.45, 7) is 1.86. The Hall–Kier alpha value is -2.68. The van der Waals surface area contributed by atoms with Gasteiger partial charge in [-0.2, -0.15) is 13.2 Å².